The van der Waals surface area contributed by atoms with Gasteiger partial charge in [0.15, 0.2) is 5.75 Å². The third-order valence-electron chi connectivity index (χ3n) is 7.34. The third-order valence-corrected chi connectivity index (χ3v) is 9.03. The lowest BCUT2D eigenvalue weighted by molar-refractivity contribution is 0.102. The number of rotatable bonds is 11. The van der Waals surface area contributed by atoms with Gasteiger partial charge in [0.2, 0.25) is 0 Å². The number of aromatic nitrogens is 1. The van der Waals surface area contributed by atoms with Crippen molar-refractivity contribution >= 4 is 67.1 Å². The molecular formula is C35H37N5O5S2. The van der Waals surface area contributed by atoms with Crippen molar-refractivity contribution in [1.82, 2.24) is 4.98 Å². The van der Waals surface area contributed by atoms with Crippen LogP contribution in [-0.2, 0) is 22.9 Å². The van der Waals surface area contributed by atoms with Crippen molar-refractivity contribution < 1.29 is 23.3 Å². The molecule has 10 nitrogen and oxygen atoms in total. The number of benzene rings is 3. The Kier molecular flexibility index (Phi) is 10.1. The van der Waals surface area contributed by atoms with E-state index in [4.69, 9.17) is 9.47 Å². The Hall–Kier alpha value is -4.94. The highest BCUT2D eigenvalue weighted by molar-refractivity contribution is 7.85. The quantitative estimate of drug-likeness (QED) is 0.115. The number of ether oxygens (including phenoxy) is 2. The van der Waals surface area contributed by atoms with Gasteiger partial charge in [-0.3, -0.25) is 9.59 Å². The van der Waals surface area contributed by atoms with Crippen LogP contribution in [-0.4, -0.2) is 41.5 Å². The number of nitrogens with one attached hydrogen (secondary N) is 4. The molecule has 5 rings (SSSR count). The number of nitrogens with zero attached hydrogens (tertiary/aromatic N) is 1. The second-order valence-corrected chi connectivity index (χ2v) is 14.0. The number of pyridine rings is 1. The Morgan fingerprint density at radius 1 is 0.872 bits per heavy atom. The minimum Gasteiger partial charge on any atom is -0.497 e. The molecule has 12 heteroatoms. The summed E-state index contributed by atoms with van der Waals surface area (Å²) >= 11 is 1.27. The van der Waals surface area contributed by atoms with Gasteiger partial charge in [-0.05, 0) is 70.5 Å². The van der Waals surface area contributed by atoms with Crippen LogP contribution in [0.4, 0.5) is 22.9 Å². The van der Waals surface area contributed by atoms with Crippen LogP contribution in [0.15, 0.2) is 79.0 Å². The molecule has 2 amide bonds. The van der Waals surface area contributed by atoms with Crippen LogP contribution in [0, 0.1) is 0 Å². The second-order valence-electron chi connectivity index (χ2n) is 11.8. The standard InChI is InChI=1S/C35H37N5O5S2/c1-35(2,3)24-17-27(31(45-5)28(18-24)40-47(6)43)39-34(42)29-16-22-8-7-9-26(32(22)46-29)38-33(41)23-12-15-30(37-20-23)36-19-21-10-13-25(44-4)14-11-21/h7-18,20,40H,19H2,1-6H3,(H,36,37)(H,38,41)(H,39,42). The van der Waals surface area contributed by atoms with E-state index in [2.05, 4.69) is 46.4 Å². The molecule has 47 heavy (non-hydrogen) atoms. The Morgan fingerprint density at radius 2 is 1.60 bits per heavy atom. The van der Waals surface area contributed by atoms with Crippen molar-refractivity contribution in [3.8, 4) is 11.5 Å². The zero-order chi connectivity index (χ0) is 33.7. The van der Waals surface area contributed by atoms with E-state index in [0.717, 1.165) is 27.0 Å². The highest BCUT2D eigenvalue weighted by atomic mass is 32.2. The summed E-state index contributed by atoms with van der Waals surface area (Å²) in [5, 5.41) is 10.0. The lowest BCUT2D eigenvalue weighted by Crippen LogP contribution is -2.16. The van der Waals surface area contributed by atoms with Gasteiger partial charge in [-0.15, -0.1) is 11.3 Å². The van der Waals surface area contributed by atoms with Gasteiger partial charge in [0, 0.05) is 19.0 Å². The molecule has 0 fully saturated rings. The molecule has 4 N–H and O–H groups in total. The van der Waals surface area contributed by atoms with E-state index in [-0.39, 0.29) is 17.2 Å². The van der Waals surface area contributed by atoms with Gasteiger partial charge in [0.05, 0.1) is 46.4 Å². The van der Waals surface area contributed by atoms with Gasteiger partial charge in [0.1, 0.15) is 22.6 Å². The van der Waals surface area contributed by atoms with E-state index in [9.17, 15) is 13.8 Å². The van der Waals surface area contributed by atoms with Gasteiger partial charge < -0.3 is 30.1 Å². The number of amides is 2. The van der Waals surface area contributed by atoms with E-state index >= 15 is 0 Å². The molecule has 0 saturated heterocycles. The predicted molar refractivity (Wildman–Crippen MR) is 192 cm³/mol. The highest BCUT2D eigenvalue weighted by Gasteiger charge is 2.22. The number of carbonyl (C=O) groups is 2. The summed E-state index contributed by atoms with van der Waals surface area (Å²) < 4.78 is 26.5. The third kappa shape index (κ3) is 8.08. The zero-order valence-corrected chi connectivity index (χ0v) is 28.7. The number of hydrogen-bond donors (Lipinski definition) is 4. The molecule has 0 bridgehead atoms. The maximum atomic E-state index is 13.6. The van der Waals surface area contributed by atoms with Crippen molar-refractivity contribution in [1.29, 1.82) is 0 Å². The molecule has 2 heterocycles. The maximum Gasteiger partial charge on any atom is 0.265 e. The average molecular weight is 672 g/mol. The number of fused-ring (bicyclic) bond motifs is 1. The summed E-state index contributed by atoms with van der Waals surface area (Å²) in [5.74, 6) is 1.17. The van der Waals surface area contributed by atoms with Gasteiger partial charge in [-0.1, -0.05) is 45.0 Å². The molecule has 0 spiro atoms. The minimum absolute atomic E-state index is 0.244. The molecule has 0 radical (unpaired) electrons. The number of carbonyl (C=O) groups excluding carboxylic acids is 2. The summed E-state index contributed by atoms with van der Waals surface area (Å²) in [6.45, 7) is 6.74. The van der Waals surface area contributed by atoms with Gasteiger partial charge in [0.25, 0.3) is 11.8 Å². The molecule has 0 aliphatic carbocycles. The summed E-state index contributed by atoms with van der Waals surface area (Å²) in [4.78, 5) is 31.6. The molecule has 0 aliphatic heterocycles. The summed E-state index contributed by atoms with van der Waals surface area (Å²) in [6, 6.07) is 22.3. The van der Waals surface area contributed by atoms with Crippen molar-refractivity contribution in [2.45, 2.75) is 32.7 Å². The lowest BCUT2D eigenvalue weighted by atomic mass is 9.86. The number of anilines is 4. The van der Waals surface area contributed by atoms with E-state index < -0.39 is 11.0 Å². The van der Waals surface area contributed by atoms with E-state index in [1.165, 1.54) is 30.9 Å². The predicted octanol–water partition coefficient (Wildman–Crippen LogP) is 7.43. The first-order valence-electron chi connectivity index (χ1n) is 14.8. The Balaban J connectivity index is 1.31. The number of thiophene rings is 1. The normalized spacial score (nSPS) is 11.9. The van der Waals surface area contributed by atoms with Gasteiger partial charge >= 0.3 is 0 Å². The Morgan fingerprint density at radius 3 is 2.23 bits per heavy atom. The molecular weight excluding hydrogens is 635 g/mol. The smallest absolute Gasteiger partial charge is 0.265 e. The number of methoxy groups -OCH3 is 2. The van der Waals surface area contributed by atoms with Gasteiger partial charge in [-0.25, -0.2) is 9.19 Å². The average Bonchev–Trinajstić information content (AvgIpc) is 3.49. The molecule has 2 aromatic heterocycles. The first-order valence-corrected chi connectivity index (χ1v) is 17.1. The fraction of sp³-hybridized carbons (Fsp3) is 0.229. The van der Waals surface area contributed by atoms with Crippen LogP contribution in [0.2, 0.25) is 0 Å². The van der Waals surface area contributed by atoms with Crippen molar-refractivity contribution in [2.75, 3.05) is 41.1 Å². The lowest BCUT2D eigenvalue weighted by Gasteiger charge is -2.23. The van der Waals surface area contributed by atoms with Crippen LogP contribution < -0.4 is 30.1 Å². The SMILES string of the molecule is COc1ccc(CNc2ccc(C(=O)Nc3cccc4cc(C(=O)Nc5cc(C(C)(C)C)cc(NS(C)=O)c5OC)sc34)cn2)cc1. The van der Waals surface area contributed by atoms with Crippen LogP contribution >= 0.6 is 11.3 Å². The first kappa shape index (κ1) is 33.4. The van der Waals surface area contributed by atoms with Crippen LogP contribution in [0.25, 0.3) is 10.1 Å². The molecule has 3 aromatic carbocycles. The second kappa shape index (κ2) is 14.2. The topological polar surface area (TPSA) is 131 Å². The Labute approximate surface area is 280 Å². The zero-order valence-electron chi connectivity index (χ0n) is 27.0. The van der Waals surface area contributed by atoms with Crippen LogP contribution in [0.1, 0.15) is 51.9 Å². The minimum atomic E-state index is -1.35. The largest absolute Gasteiger partial charge is 0.497 e. The summed E-state index contributed by atoms with van der Waals surface area (Å²) in [7, 11) is 1.78. The summed E-state index contributed by atoms with van der Waals surface area (Å²) in [5.41, 5.74) is 3.72. The van der Waals surface area contributed by atoms with Crippen LogP contribution in [0.3, 0.4) is 0 Å². The highest BCUT2D eigenvalue weighted by Crippen LogP contribution is 2.40. The molecule has 1 unspecified atom stereocenters. The molecule has 5 aromatic rings. The van der Waals surface area contributed by atoms with Crippen molar-refractivity contribution in [3.05, 3.63) is 101 Å². The first-order chi connectivity index (χ1) is 22.4. The monoisotopic (exact) mass is 671 g/mol. The summed E-state index contributed by atoms with van der Waals surface area (Å²) in [6.07, 6.45) is 3.05. The maximum absolute atomic E-state index is 13.6. The molecule has 0 aliphatic rings. The van der Waals surface area contributed by atoms with Gasteiger partial charge in [-0.2, -0.15) is 0 Å². The van der Waals surface area contributed by atoms with Crippen LogP contribution in [0.5, 0.6) is 11.5 Å². The van der Waals surface area contributed by atoms with E-state index in [1.54, 1.807) is 31.4 Å². The van der Waals surface area contributed by atoms with E-state index in [1.807, 2.05) is 48.5 Å². The fourth-order valence-electron chi connectivity index (χ4n) is 4.83. The molecule has 1 atom stereocenters. The molecule has 0 saturated carbocycles. The molecule has 244 valence electrons. The van der Waals surface area contributed by atoms with Crippen molar-refractivity contribution in [3.63, 3.8) is 0 Å². The Bertz CT molecular complexity index is 1930. The number of hydrogen-bond acceptors (Lipinski definition) is 8. The fourth-order valence-corrected chi connectivity index (χ4v) is 6.31. The van der Waals surface area contributed by atoms with E-state index in [0.29, 0.717) is 45.6 Å². The van der Waals surface area contributed by atoms with Crippen molar-refractivity contribution in [2.24, 2.45) is 0 Å².